The normalized spacial score (nSPS) is 12.1. The van der Waals surface area contributed by atoms with E-state index in [9.17, 15) is 19.1 Å². The topological polar surface area (TPSA) is 138 Å². The lowest BCUT2D eigenvalue weighted by Gasteiger charge is -2.10. The average Bonchev–Trinajstić information content (AvgIpc) is 2.15. The van der Waals surface area contributed by atoms with Crippen molar-refractivity contribution in [1.29, 1.82) is 0 Å². The van der Waals surface area contributed by atoms with E-state index in [-0.39, 0.29) is 0 Å². The van der Waals surface area contributed by atoms with Crippen molar-refractivity contribution in [3.63, 3.8) is 0 Å². The zero-order valence-electron chi connectivity index (χ0n) is 7.60. The average molecular weight is 249 g/mol. The molecule has 0 aromatic heterocycles. The second-order valence-electron chi connectivity index (χ2n) is 2.81. The molecule has 1 rings (SSSR count). The van der Waals surface area contributed by atoms with Gasteiger partial charge in [0.1, 0.15) is 5.56 Å². The summed E-state index contributed by atoms with van der Waals surface area (Å²) >= 11 is 0. The number of nitrogens with zero attached hydrogens (tertiary/aromatic N) is 1. The highest BCUT2D eigenvalue weighted by Crippen LogP contribution is 2.23. The summed E-state index contributed by atoms with van der Waals surface area (Å²) in [6, 6.07) is 2.17. The lowest BCUT2D eigenvalue weighted by molar-refractivity contribution is -0.385. The predicted molar refractivity (Wildman–Crippen MR) is 53.1 cm³/mol. The van der Waals surface area contributed by atoms with Gasteiger partial charge in [0.05, 0.1) is 20.3 Å². The van der Waals surface area contributed by atoms with Gasteiger partial charge in [0.2, 0.25) is 0 Å². The van der Waals surface area contributed by atoms with Crippen molar-refractivity contribution >= 4 is 22.2 Å². The van der Waals surface area contributed by atoms with Crippen LogP contribution in [0.15, 0.2) is 23.1 Å². The minimum atomic E-state index is -4.62. The molecule has 3 N–H and O–H groups in total. The van der Waals surface area contributed by atoms with Crippen molar-refractivity contribution in [3.8, 4) is 0 Å². The minimum Gasteiger partial charge on any atom is -0.477 e. The van der Waals surface area contributed by atoms with Gasteiger partial charge in [-0.15, -0.1) is 0 Å². The number of nitro benzene ring substituents is 1. The molecular formula is C7H7NO7S. The van der Waals surface area contributed by atoms with Gasteiger partial charge < -0.3 is 14.2 Å². The van der Waals surface area contributed by atoms with Crippen molar-refractivity contribution in [2.45, 2.75) is 4.90 Å². The standard InChI is InChI=1S/C7H7NO7S/c9-7(10)5-3-4(16(13,14)15)1-2-6(5)8(11)12/h1-3,16H,(H,9,10)(H2,13,14,15). The van der Waals surface area contributed by atoms with Gasteiger partial charge in [-0.2, -0.15) is 0 Å². The van der Waals surface area contributed by atoms with Crippen molar-refractivity contribution in [1.82, 2.24) is 0 Å². The van der Waals surface area contributed by atoms with E-state index in [1.807, 2.05) is 0 Å². The number of thiol groups is 1. The number of nitro groups is 1. The zero-order chi connectivity index (χ0) is 12.5. The number of hydrogen-bond donors (Lipinski definition) is 4. The fourth-order valence-corrected chi connectivity index (χ4v) is 1.60. The van der Waals surface area contributed by atoms with E-state index >= 15 is 0 Å². The largest absolute Gasteiger partial charge is 0.477 e. The molecule has 0 spiro atoms. The van der Waals surface area contributed by atoms with Gasteiger partial charge in [-0.05, 0) is 12.1 Å². The number of rotatable bonds is 3. The lowest BCUT2D eigenvalue weighted by Crippen LogP contribution is -2.11. The van der Waals surface area contributed by atoms with Crippen LogP contribution in [-0.4, -0.2) is 29.3 Å². The molecule has 0 heterocycles. The predicted octanol–water partition coefficient (Wildman–Crippen LogP) is 0.615. The Morgan fingerprint density at radius 3 is 2.31 bits per heavy atom. The summed E-state index contributed by atoms with van der Waals surface area (Å²) < 4.78 is 28.4. The van der Waals surface area contributed by atoms with Gasteiger partial charge in [0.15, 0.2) is 0 Å². The Morgan fingerprint density at radius 2 is 1.94 bits per heavy atom. The van der Waals surface area contributed by atoms with Gasteiger partial charge in [-0.3, -0.25) is 10.1 Å². The SMILES string of the molecule is O=C(O)c1cc([SH](=O)(O)O)ccc1[N+](=O)[O-]. The Bertz CT molecular complexity index is 505. The summed E-state index contributed by atoms with van der Waals surface area (Å²) in [5.74, 6) is -1.62. The van der Waals surface area contributed by atoms with Crippen LogP contribution in [-0.2, 0) is 10.5 Å². The Morgan fingerprint density at radius 1 is 1.38 bits per heavy atom. The molecule has 1 aromatic carbocycles. The molecule has 8 nitrogen and oxygen atoms in total. The summed E-state index contributed by atoms with van der Waals surface area (Å²) in [7, 11) is -4.62. The summed E-state index contributed by atoms with van der Waals surface area (Å²) in [5, 5.41) is 19.1. The van der Waals surface area contributed by atoms with E-state index in [0.29, 0.717) is 6.07 Å². The van der Waals surface area contributed by atoms with Crippen LogP contribution in [0.5, 0.6) is 0 Å². The lowest BCUT2D eigenvalue weighted by atomic mass is 10.2. The van der Waals surface area contributed by atoms with Crippen molar-refractivity contribution < 1.29 is 28.1 Å². The molecule has 16 heavy (non-hydrogen) atoms. The Kier molecular flexibility index (Phi) is 3.03. The third-order valence-corrected chi connectivity index (χ3v) is 2.69. The van der Waals surface area contributed by atoms with Crippen LogP contribution >= 0.6 is 0 Å². The Balaban J connectivity index is 3.46. The van der Waals surface area contributed by atoms with Crippen LogP contribution in [0.2, 0.25) is 0 Å². The van der Waals surface area contributed by atoms with Crippen molar-refractivity contribution in [2.24, 2.45) is 0 Å². The first kappa shape index (κ1) is 12.2. The maximum atomic E-state index is 10.8. The second-order valence-corrected chi connectivity index (χ2v) is 4.41. The molecule has 0 aliphatic carbocycles. The van der Waals surface area contributed by atoms with E-state index in [2.05, 4.69) is 0 Å². The van der Waals surface area contributed by atoms with Gasteiger partial charge in [-0.25, -0.2) is 9.00 Å². The third-order valence-electron chi connectivity index (χ3n) is 1.74. The Labute approximate surface area is 89.8 Å². The van der Waals surface area contributed by atoms with Gasteiger partial charge in [0.25, 0.3) is 5.69 Å². The number of aromatic carboxylic acids is 1. The van der Waals surface area contributed by atoms with Crippen LogP contribution in [0.1, 0.15) is 10.4 Å². The van der Waals surface area contributed by atoms with Crippen molar-refractivity contribution in [2.75, 3.05) is 0 Å². The second kappa shape index (κ2) is 3.96. The fraction of sp³-hybridized carbons (Fsp3) is 0. The van der Waals surface area contributed by atoms with Crippen molar-refractivity contribution in [3.05, 3.63) is 33.9 Å². The fourth-order valence-electron chi connectivity index (χ4n) is 1.04. The molecule has 1 aromatic rings. The van der Waals surface area contributed by atoms with Gasteiger partial charge in [-0.1, -0.05) is 0 Å². The Hall–Kier alpha value is -1.84. The molecule has 0 aliphatic rings. The summed E-state index contributed by atoms with van der Waals surface area (Å²) in [5.41, 5.74) is -1.48. The first-order valence-electron chi connectivity index (χ1n) is 3.81. The summed E-state index contributed by atoms with van der Waals surface area (Å²) in [4.78, 5) is 19.6. The molecule has 0 aliphatic heterocycles. The maximum absolute atomic E-state index is 10.8. The number of benzene rings is 1. The van der Waals surface area contributed by atoms with E-state index in [1.54, 1.807) is 0 Å². The van der Waals surface area contributed by atoms with Gasteiger partial charge >= 0.3 is 5.97 Å². The monoisotopic (exact) mass is 249 g/mol. The molecule has 9 heteroatoms. The smallest absolute Gasteiger partial charge is 0.342 e. The summed E-state index contributed by atoms with van der Waals surface area (Å²) in [6.07, 6.45) is 0. The molecule has 88 valence electrons. The molecule has 0 unspecified atom stereocenters. The van der Waals surface area contributed by atoms with E-state index in [0.717, 1.165) is 12.1 Å². The molecule has 0 saturated heterocycles. The van der Waals surface area contributed by atoms with Crippen LogP contribution in [0.25, 0.3) is 0 Å². The molecule has 0 fully saturated rings. The molecular weight excluding hydrogens is 242 g/mol. The quantitative estimate of drug-likeness (QED) is 0.349. The van der Waals surface area contributed by atoms with Crippen LogP contribution in [0.4, 0.5) is 5.69 Å². The molecule has 0 saturated carbocycles. The van der Waals surface area contributed by atoms with Crippen LogP contribution < -0.4 is 0 Å². The summed E-state index contributed by atoms with van der Waals surface area (Å²) in [6.45, 7) is 0. The molecule has 0 atom stereocenters. The highest BCUT2D eigenvalue weighted by Gasteiger charge is 2.22. The number of hydrogen-bond acceptors (Lipinski definition) is 4. The number of carboxylic acids is 1. The highest BCUT2D eigenvalue weighted by atomic mass is 32.3. The van der Waals surface area contributed by atoms with Crippen LogP contribution in [0.3, 0.4) is 0 Å². The molecule has 0 bridgehead atoms. The van der Waals surface area contributed by atoms with Crippen LogP contribution in [0, 0.1) is 10.1 Å². The number of carboxylic acid groups (broad SMARTS) is 1. The van der Waals surface area contributed by atoms with E-state index in [4.69, 9.17) is 14.2 Å². The zero-order valence-corrected chi connectivity index (χ0v) is 8.50. The molecule has 0 radical (unpaired) electrons. The highest BCUT2D eigenvalue weighted by molar-refractivity contribution is 7.92. The first-order chi connectivity index (χ1) is 7.23. The first-order valence-corrected chi connectivity index (χ1v) is 5.42. The van der Waals surface area contributed by atoms with E-state index in [1.165, 1.54) is 0 Å². The number of carbonyl (C=O) groups is 1. The van der Waals surface area contributed by atoms with E-state index < -0.39 is 37.5 Å². The third kappa shape index (κ3) is 2.39. The maximum Gasteiger partial charge on any atom is 0.342 e. The molecule has 0 amide bonds. The minimum absolute atomic E-state index is 0.574. The van der Waals surface area contributed by atoms with Gasteiger partial charge in [0, 0.05) is 6.07 Å².